The zero-order valence-corrected chi connectivity index (χ0v) is 17.3. The number of amides is 1. The van der Waals surface area contributed by atoms with E-state index in [0.717, 1.165) is 4.31 Å². The summed E-state index contributed by atoms with van der Waals surface area (Å²) in [4.78, 5) is 12.7. The predicted octanol–water partition coefficient (Wildman–Crippen LogP) is 4.30. The summed E-state index contributed by atoms with van der Waals surface area (Å²) in [6.07, 6.45) is 0. The summed E-state index contributed by atoms with van der Waals surface area (Å²) in [5.74, 6) is -0.410. The molecule has 0 aliphatic carbocycles. The van der Waals surface area contributed by atoms with E-state index in [1.54, 1.807) is 24.3 Å². The number of benzene rings is 3. The van der Waals surface area contributed by atoms with Crippen LogP contribution < -0.4 is 14.4 Å². The van der Waals surface area contributed by atoms with Gasteiger partial charge in [0, 0.05) is 12.6 Å². The van der Waals surface area contributed by atoms with Gasteiger partial charge in [-0.2, -0.15) is 0 Å². The van der Waals surface area contributed by atoms with E-state index in [1.807, 2.05) is 6.92 Å². The van der Waals surface area contributed by atoms with Crippen molar-refractivity contribution in [3.05, 3.63) is 84.2 Å². The van der Waals surface area contributed by atoms with Gasteiger partial charge < -0.3 is 10.1 Å². The fourth-order valence-corrected chi connectivity index (χ4v) is 4.03. The van der Waals surface area contributed by atoms with Crippen LogP contribution in [-0.4, -0.2) is 28.0 Å². The minimum atomic E-state index is -3.94. The van der Waals surface area contributed by atoms with Crippen LogP contribution in [0.2, 0.25) is 0 Å². The smallest absolute Gasteiger partial charge is 0.264 e. The van der Waals surface area contributed by atoms with Crippen LogP contribution >= 0.6 is 0 Å². The number of carbonyl (C=O) groups excluding carboxylic acids is 1. The van der Waals surface area contributed by atoms with Gasteiger partial charge in [0.15, 0.2) is 0 Å². The van der Waals surface area contributed by atoms with Gasteiger partial charge in [0.1, 0.15) is 11.6 Å². The lowest BCUT2D eigenvalue weighted by atomic mass is 10.2. The van der Waals surface area contributed by atoms with Crippen molar-refractivity contribution < 1.29 is 22.3 Å². The summed E-state index contributed by atoms with van der Waals surface area (Å²) < 4.78 is 45.6. The molecule has 156 valence electrons. The van der Waals surface area contributed by atoms with Crippen LogP contribution in [0.25, 0.3) is 0 Å². The molecule has 0 aliphatic heterocycles. The minimum Gasteiger partial charge on any atom is -0.492 e. The second-order valence-electron chi connectivity index (χ2n) is 6.36. The highest BCUT2D eigenvalue weighted by Crippen LogP contribution is 2.26. The third kappa shape index (κ3) is 4.60. The molecule has 0 radical (unpaired) electrons. The Labute approximate surface area is 175 Å². The number of anilines is 2. The molecule has 30 heavy (non-hydrogen) atoms. The molecule has 3 aromatic carbocycles. The van der Waals surface area contributed by atoms with Crippen LogP contribution in [0.4, 0.5) is 15.8 Å². The molecular formula is C22H21FN2O4S. The number of sulfonamides is 1. The average Bonchev–Trinajstić information content (AvgIpc) is 2.75. The number of hydrogen-bond donors (Lipinski definition) is 1. The Balaban J connectivity index is 1.86. The molecule has 0 spiro atoms. The second-order valence-corrected chi connectivity index (χ2v) is 8.33. The van der Waals surface area contributed by atoms with Crippen molar-refractivity contribution in [2.75, 3.05) is 23.3 Å². The second kappa shape index (κ2) is 8.96. The lowest BCUT2D eigenvalue weighted by Crippen LogP contribution is -2.27. The lowest BCUT2D eigenvalue weighted by molar-refractivity contribution is 0.102. The van der Waals surface area contributed by atoms with E-state index in [2.05, 4.69) is 5.32 Å². The van der Waals surface area contributed by atoms with Crippen molar-refractivity contribution >= 4 is 27.3 Å². The summed E-state index contributed by atoms with van der Waals surface area (Å²) in [6.45, 7) is 2.28. The SMILES string of the molecule is CCOc1ccccc1NC(=O)c1cccc(S(=O)(=O)N(C)c2ccc(F)cc2)c1. The molecule has 1 amide bonds. The highest BCUT2D eigenvalue weighted by atomic mass is 32.2. The van der Waals surface area contributed by atoms with Crippen LogP contribution in [-0.2, 0) is 10.0 Å². The number of nitrogens with one attached hydrogen (secondary N) is 1. The number of nitrogens with zero attached hydrogens (tertiary/aromatic N) is 1. The molecule has 0 aromatic heterocycles. The first-order chi connectivity index (χ1) is 14.3. The van der Waals surface area contributed by atoms with Gasteiger partial charge >= 0.3 is 0 Å². The van der Waals surface area contributed by atoms with Gasteiger partial charge in [-0.1, -0.05) is 18.2 Å². The molecule has 0 fully saturated rings. The Hall–Kier alpha value is -3.39. The number of rotatable bonds is 7. The Kier molecular flexibility index (Phi) is 6.37. The minimum absolute atomic E-state index is 0.0555. The number of carbonyl (C=O) groups is 1. The van der Waals surface area contributed by atoms with E-state index in [4.69, 9.17) is 4.74 Å². The van der Waals surface area contributed by atoms with Crippen LogP contribution in [0.1, 0.15) is 17.3 Å². The Morgan fingerprint density at radius 2 is 1.73 bits per heavy atom. The van der Waals surface area contributed by atoms with Gasteiger partial charge in [0.25, 0.3) is 15.9 Å². The zero-order valence-electron chi connectivity index (χ0n) is 16.5. The van der Waals surface area contributed by atoms with Crippen molar-refractivity contribution in [2.24, 2.45) is 0 Å². The van der Waals surface area contributed by atoms with Crippen molar-refractivity contribution in [3.8, 4) is 5.75 Å². The third-order valence-corrected chi connectivity index (χ3v) is 6.16. The summed E-state index contributed by atoms with van der Waals surface area (Å²) in [6, 6.07) is 17.8. The van der Waals surface area contributed by atoms with Gasteiger partial charge in [-0.05, 0) is 61.5 Å². The molecule has 0 atom stereocenters. The molecule has 0 heterocycles. The number of hydrogen-bond acceptors (Lipinski definition) is 4. The maximum atomic E-state index is 13.1. The molecule has 6 nitrogen and oxygen atoms in total. The topological polar surface area (TPSA) is 75.7 Å². The number of halogens is 1. The monoisotopic (exact) mass is 428 g/mol. The van der Waals surface area contributed by atoms with Gasteiger partial charge in [0.05, 0.1) is 22.9 Å². The Bertz CT molecular complexity index is 1150. The van der Waals surface area contributed by atoms with Crippen LogP contribution in [0.3, 0.4) is 0 Å². The summed E-state index contributed by atoms with van der Waals surface area (Å²) in [5, 5.41) is 2.74. The van der Waals surface area contributed by atoms with E-state index < -0.39 is 21.7 Å². The molecular weight excluding hydrogens is 407 g/mol. The molecule has 0 saturated carbocycles. The van der Waals surface area contributed by atoms with Crippen molar-refractivity contribution in [2.45, 2.75) is 11.8 Å². The summed E-state index contributed by atoms with van der Waals surface area (Å²) >= 11 is 0. The molecule has 0 bridgehead atoms. The van der Waals surface area contributed by atoms with Gasteiger partial charge in [0.2, 0.25) is 0 Å². The van der Waals surface area contributed by atoms with Crippen molar-refractivity contribution in [1.82, 2.24) is 0 Å². The first-order valence-electron chi connectivity index (χ1n) is 9.20. The fraction of sp³-hybridized carbons (Fsp3) is 0.136. The van der Waals surface area contributed by atoms with E-state index in [1.165, 1.54) is 55.6 Å². The average molecular weight is 428 g/mol. The first-order valence-corrected chi connectivity index (χ1v) is 10.6. The van der Waals surface area contributed by atoms with Crippen LogP contribution in [0, 0.1) is 5.82 Å². The van der Waals surface area contributed by atoms with Crippen LogP contribution in [0.5, 0.6) is 5.75 Å². The Morgan fingerprint density at radius 3 is 2.43 bits per heavy atom. The fourth-order valence-electron chi connectivity index (χ4n) is 2.79. The van der Waals surface area contributed by atoms with Gasteiger partial charge in [-0.25, -0.2) is 12.8 Å². The van der Waals surface area contributed by atoms with Gasteiger partial charge in [-0.3, -0.25) is 9.10 Å². The number of ether oxygens (including phenoxy) is 1. The largest absolute Gasteiger partial charge is 0.492 e. The van der Waals surface area contributed by atoms with E-state index >= 15 is 0 Å². The molecule has 3 aromatic rings. The molecule has 0 saturated heterocycles. The number of para-hydroxylation sites is 2. The maximum Gasteiger partial charge on any atom is 0.264 e. The van der Waals surface area contributed by atoms with E-state index in [0.29, 0.717) is 23.7 Å². The quantitative estimate of drug-likeness (QED) is 0.609. The lowest BCUT2D eigenvalue weighted by Gasteiger charge is -2.20. The summed E-state index contributed by atoms with van der Waals surface area (Å²) in [7, 11) is -2.58. The molecule has 0 aliphatic rings. The first kappa shape index (κ1) is 21.3. The standard InChI is InChI=1S/C22H21FN2O4S/c1-3-29-21-10-5-4-9-20(21)24-22(26)16-7-6-8-19(15-16)30(27,28)25(2)18-13-11-17(23)12-14-18/h4-15H,3H2,1-2H3,(H,24,26). The van der Waals surface area contributed by atoms with Crippen molar-refractivity contribution in [1.29, 1.82) is 0 Å². The zero-order chi connectivity index (χ0) is 21.7. The third-order valence-electron chi connectivity index (χ3n) is 4.38. The highest BCUT2D eigenvalue weighted by molar-refractivity contribution is 7.92. The molecule has 0 unspecified atom stereocenters. The van der Waals surface area contributed by atoms with Crippen molar-refractivity contribution in [3.63, 3.8) is 0 Å². The predicted molar refractivity (Wildman–Crippen MR) is 114 cm³/mol. The molecule has 1 N–H and O–H groups in total. The van der Waals surface area contributed by atoms with Gasteiger partial charge in [-0.15, -0.1) is 0 Å². The maximum absolute atomic E-state index is 13.1. The highest BCUT2D eigenvalue weighted by Gasteiger charge is 2.22. The Morgan fingerprint density at radius 1 is 1.03 bits per heavy atom. The van der Waals surface area contributed by atoms with E-state index in [9.17, 15) is 17.6 Å². The molecule has 8 heteroatoms. The van der Waals surface area contributed by atoms with E-state index in [-0.39, 0.29) is 10.5 Å². The normalized spacial score (nSPS) is 11.0. The summed E-state index contributed by atoms with van der Waals surface area (Å²) in [5.41, 5.74) is 0.966. The van der Waals surface area contributed by atoms with Crippen LogP contribution in [0.15, 0.2) is 77.7 Å². The molecule has 3 rings (SSSR count).